The van der Waals surface area contributed by atoms with Crippen molar-refractivity contribution in [3.63, 3.8) is 0 Å². The third-order valence-corrected chi connectivity index (χ3v) is 2.91. The lowest BCUT2D eigenvalue weighted by Gasteiger charge is -2.35. The predicted octanol–water partition coefficient (Wildman–Crippen LogP) is 1.84. The number of para-hydroxylation sites is 1. The Morgan fingerprint density at radius 3 is 2.58 bits per heavy atom. The Balaban J connectivity index is 1.75. The summed E-state index contributed by atoms with van der Waals surface area (Å²) in [5.41, 5.74) is 0. The van der Waals surface area contributed by atoms with Crippen LogP contribution in [0.1, 0.15) is 13.8 Å². The lowest BCUT2D eigenvalue weighted by molar-refractivity contribution is -0.0548. The number of morpholine rings is 1. The molecular weight excluding hydrogens is 244 g/mol. The minimum absolute atomic E-state index is 0.0736. The second-order valence-electron chi connectivity index (χ2n) is 4.75. The van der Waals surface area contributed by atoms with E-state index in [0.717, 1.165) is 5.75 Å². The van der Waals surface area contributed by atoms with E-state index < -0.39 is 0 Å². The molecule has 2 atom stereocenters. The zero-order chi connectivity index (χ0) is 13.7. The topological polar surface area (TPSA) is 50.8 Å². The summed E-state index contributed by atoms with van der Waals surface area (Å²) in [6.07, 6.45) is 0.147. The highest BCUT2D eigenvalue weighted by Crippen LogP contribution is 2.11. The average Bonchev–Trinajstić information content (AvgIpc) is 2.38. The first-order chi connectivity index (χ1) is 9.15. The molecule has 1 aromatic carbocycles. The first-order valence-corrected chi connectivity index (χ1v) is 6.51. The highest BCUT2D eigenvalue weighted by molar-refractivity contribution is 5.74. The number of nitrogens with zero attached hydrogens (tertiary/aromatic N) is 1. The Labute approximate surface area is 113 Å². The van der Waals surface area contributed by atoms with Gasteiger partial charge in [-0.3, -0.25) is 0 Å². The Hall–Kier alpha value is -1.75. The molecule has 0 bridgehead atoms. The molecule has 2 rings (SSSR count). The minimum Gasteiger partial charge on any atom is -0.473 e. The third-order valence-electron chi connectivity index (χ3n) is 2.91. The van der Waals surface area contributed by atoms with E-state index in [1.165, 1.54) is 0 Å². The summed E-state index contributed by atoms with van der Waals surface area (Å²) in [6, 6.07) is 9.29. The number of benzene rings is 1. The van der Waals surface area contributed by atoms with Crippen LogP contribution in [0.3, 0.4) is 0 Å². The number of urea groups is 1. The highest BCUT2D eigenvalue weighted by Gasteiger charge is 2.25. The van der Waals surface area contributed by atoms with Crippen molar-refractivity contribution < 1.29 is 14.3 Å². The molecule has 0 radical (unpaired) electrons. The normalized spacial score (nSPS) is 22.9. The van der Waals surface area contributed by atoms with E-state index in [2.05, 4.69) is 5.32 Å². The van der Waals surface area contributed by atoms with Gasteiger partial charge in [0, 0.05) is 13.1 Å². The smallest absolute Gasteiger partial charge is 0.320 e. The fraction of sp³-hybridized carbons (Fsp3) is 0.500. The van der Waals surface area contributed by atoms with Crippen LogP contribution >= 0.6 is 0 Å². The Bertz CT molecular complexity index is 400. The fourth-order valence-electron chi connectivity index (χ4n) is 2.15. The number of hydrogen-bond acceptors (Lipinski definition) is 3. The Morgan fingerprint density at radius 1 is 1.32 bits per heavy atom. The molecule has 0 saturated carbocycles. The van der Waals surface area contributed by atoms with Crippen LogP contribution in [0, 0.1) is 0 Å². The molecule has 19 heavy (non-hydrogen) atoms. The molecule has 1 heterocycles. The van der Waals surface area contributed by atoms with Crippen LogP contribution in [0.2, 0.25) is 0 Å². The summed E-state index contributed by atoms with van der Waals surface area (Å²) >= 11 is 0. The van der Waals surface area contributed by atoms with Crippen molar-refractivity contribution in [2.24, 2.45) is 0 Å². The predicted molar refractivity (Wildman–Crippen MR) is 72.1 cm³/mol. The van der Waals surface area contributed by atoms with Crippen LogP contribution < -0.4 is 10.1 Å². The molecule has 1 aliphatic rings. The van der Waals surface area contributed by atoms with Crippen LogP contribution in [0.15, 0.2) is 30.3 Å². The second kappa shape index (κ2) is 6.43. The van der Waals surface area contributed by atoms with Crippen LogP contribution in [-0.2, 0) is 4.74 Å². The van der Waals surface area contributed by atoms with Crippen LogP contribution in [0.25, 0.3) is 0 Å². The average molecular weight is 264 g/mol. The maximum absolute atomic E-state index is 12.0. The van der Waals surface area contributed by atoms with Crippen molar-refractivity contribution >= 4 is 6.03 Å². The zero-order valence-corrected chi connectivity index (χ0v) is 11.3. The quantitative estimate of drug-likeness (QED) is 0.848. The minimum atomic E-state index is -0.113. The number of hydrogen-bond donors (Lipinski definition) is 1. The van der Waals surface area contributed by atoms with Crippen molar-refractivity contribution in [3.05, 3.63) is 30.3 Å². The lowest BCUT2D eigenvalue weighted by atomic mass is 10.2. The van der Waals surface area contributed by atoms with Gasteiger partial charge in [-0.15, -0.1) is 0 Å². The molecule has 0 spiro atoms. The molecule has 5 nitrogen and oxygen atoms in total. The van der Waals surface area contributed by atoms with Crippen molar-refractivity contribution in [2.75, 3.05) is 19.8 Å². The molecule has 2 amide bonds. The molecule has 0 aromatic heterocycles. The zero-order valence-electron chi connectivity index (χ0n) is 11.3. The molecule has 104 valence electrons. The van der Waals surface area contributed by atoms with Gasteiger partial charge in [-0.05, 0) is 26.0 Å². The van der Waals surface area contributed by atoms with Gasteiger partial charge in [0.05, 0.1) is 12.2 Å². The first kappa shape index (κ1) is 13.7. The number of rotatable bonds is 3. The van der Waals surface area contributed by atoms with Crippen molar-refractivity contribution in [3.8, 4) is 5.75 Å². The maximum atomic E-state index is 12.0. The van der Waals surface area contributed by atoms with E-state index in [9.17, 15) is 4.79 Å². The summed E-state index contributed by atoms with van der Waals surface area (Å²) in [4.78, 5) is 13.7. The number of amides is 2. The number of nitrogens with one attached hydrogen (secondary N) is 1. The van der Waals surface area contributed by atoms with Crippen LogP contribution in [-0.4, -0.2) is 43.0 Å². The summed E-state index contributed by atoms with van der Waals surface area (Å²) < 4.78 is 11.0. The molecule has 1 aliphatic heterocycles. The number of carbonyl (C=O) groups excluding carboxylic acids is 1. The SMILES string of the molecule is CC1CN(C(=O)NCOc2ccccc2)CC(C)O1. The molecule has 2 unspecified atom stereocenters. The Morgan fingerprint density at radius 2 is 1.95 bits per heavy atom. The van der Waals surface area contributed by atoms with Gasteiger partial charge in [0.2, 0.25) is 0 Å². The summed E-state index contributed by atoms with van der Waals surface area (Å²) in [7, 11) is 0. The number of carbonyl (C=O) groups is 1. The van der Waals surface area contributed by atoms with Gasteiger partial charge in [-0.1, -0.05) is 18.2 Å². The van der Waals surface area contributed by atoms with Gasteiger partial charge in [0.1, 0.15) is 5.75 Å². The maximum Gasteiger partial charge on any atom is 0.320 e. The summed E-state index contributed by atoms with van der Waals surface area (Å²) in [5, 5.41) is 2.75. The summed E-state index contributed by atoms with van der Waals surface area (Å²) in [5.74, 6) is 0.742. The van der Waals surface area contributed by atoms with E-state index >= 15 is 0 Å². The van der Waals surface area contributed by atoms with E-state index in [1.807, 2.05) is 44.2 Å². The van der Waals surface area contributed by atoms with Crippen LogP contribution in [0.5, 0.6) is 5.75 Å². The van der Waals surface area contributed by atoms with E-state index in [0.29, 0.717) is 13.1 Å². The molecule has 1 N–H and O–H groups in total. The largest absolute Gasteiger partial charge is 0.473 e. The van der Waals surface area contributed by atoms with Crippen molar-refractivity contribution in [1.82, 2.24) is 10.2 Å². The van der Waals surface area contributed by atoms with E-state index in [1.54, 1.807) is 4.90 Å². The molecule has 1 fully saturated rings. The van der Waals surface area contributed by atoms with Gasteiger partial charge in [-0.25, -0.2) is 4.79 Å². The van der Waals surface area contributed by atoms with Crippen LogP contribution in [0.4, 0.5) is 4.79 Å². The highest BCUT2D eigenvalue weighted by atomic mass is 16.5. The van der Waals surface area contributed by atoms with Gasteiger partial charge in [0.25, 0.3) is 0 Å². The molecule has 1 aromatic rings. The first-order valence-electron chi connectivity index (χ1n) is 6.51. The Kier molecular flexibility index (Phi) is 4.63. The van der Waals surface area contributed by atoms with Crippen molar-refractivity contribution in [2.45, 2.75) is 26.1 Å². The summed E-state index contributed by atoms with van der Waals surface area (Å²) in [6.45, 7) is 5.33. The van der Waals surface area contributed by atoms with E-state index in [4.69, 9.17) is 9.47 Å². The van der Waals surface area contributed by atoms with Gasteiger partial charge >= 0.3 is 6.03 Å². The standard InChI is InChI=1S/C14H20N2O3/c1-11-8-16(9-12(2)19-11)14(17)15-10-18-13-6-4-3-5-7-13/h3-7,11-12H,8-10H2,1-2H3,(H,15,17). The molecule has 5 heteroatoms. The molecule has 1 saturated heterocycles. The van der Waals surface area contributed by atoms with Gasteiger partial charge < -0.3 is 19.7 Å². The molecule has 0 aliphatic carbocycles. The second-order valence-corrected chi connectivity index (χ2v) is 4.75. The number of ether oxygens (including phenoxy) is 2. The molecular formula is C14H20N2O3. The van der Waals surface area contributed by atoms with Gasteiger partial charge in [0.15, 0.2) is 6.73 Å². The lowest BCUT2D eigenvalue weighted by Crippen LogP contribution is -2.52. The third kappa shape index (κ3) is 4.13. The fourth-order valence-corrected chi connectivity index (χ4v) is 2.15. The van der Waals surface area contributed by atoms with Crippen molar-refractivity contribution in [1.29, 1.82) is 0 Å². The van der Waals surface area contributed by atoms with E-state index in [-0.39, 0.29) is 25.0 Å². The van der Waals surface area contributed by atoms with Gasteiger partial charge in [-0.2, -0.15) is 0 Å². The monoisotopic (exact) mass is 264 g/mol.